The maximum absolute atomic E-state index is 5.23. The first-order valence-corrected chi connectivity index (χ1v) is 6.92. The number of rotatable bonds is 6. The fourth-order valence-electron chi connectivity index (χ4n) is 1.72. The van der Waals surface area contributed by atoms with E-state index in [9.17, 15) is 0 Å². The minimum Gasteiger partial charge on any atom is -0.383 e. The normalized spacial score (nSPS) is 18.0. The number of ether oxygens (including phenoxy) is 1. The Morgan fingerprint density at radius 2 is 2.47 bits per heavy atom. The Bertz CT molecular complexity index is 311. The Morgan fingerprint density at radius 3 is 3.00 bits per heavy atom. The summed E-state index contributed by atoms with van der Waals surface area (Å²) in [5.74, 6) is 0.841. The Morgan fingerprint density at radius 1 is 1.67 bits per heavy atom. The highest BCUT2D eigenvalue weighted by atomic mass is 79.9. The zero-order chi connectivity index (χ0) is 10.7. The lowest BCUT2D eigenvalue weighted by Crippen LogP contribution is -2.34. The monoisotopic (exact) mass is 289 g/mol. The SMILES string of the molecule is COCC(NCc1cc(Br)cs1)C1CC1. The summed E-state index contributed by atoms with van der Waals surface area (Å²) in [6, 6.07) is 2.71. The van der Waals surface area contributed by atoms with E-state index in [1.165, 1.54) is 22.2 Å². The zero-order valence-corrected chi connectivity index (χ0v) is 11.2. The molecule has 0 saturated heterocycles. The summed E-state index contributed by atoms with van der Waals surface area (Å²) >= 11 is 5.26. The van der Waals surface area contributed by atoms with Crippen molar-refractivity contribution in [3.63, 3.8) is 0 Å². The van der Waals surface area contributed by atoms with Gasteiger partial charge in [-0.1, -0.05) is 0 Å². The molecule has 2 rings (SSSR count). The maximum Gasteiger partial charge on any atom is 0.0618 e. The summed E-state index contributed by atoms with van der Waals surface area (Å²) in [6.07, 6.45) is 2.71. The van der Waals surface area contributed by atoms with Crippen LogP contribution < -0.4 is 5.32 Å². The Hall–Kier alpha value is 0.1000. The summed E-state index contributed by atoms with van der Waals surface area (Å²) in [4.78, 5) is 1.38. The van der Waals surface area contributed by atoms with Crippen LogP contribution in [0.25, 0.3) is 0 Å². The molecule has 1 N–H and O–H groups in total. The topological polar surface area (TPSA) is 21.3 Å². The molecule has 2 nitrogen and oxygen atoms in total. The predicted octanol–water partition coefficient (Wildman–Crippen LogP) is 3.03. The molecule has 1 aliphatic carbocycles. The van der Waals surface area contributed by atoms with E-state index in [4.69, 9.17) is 4.74 Å². The Kier molecular flexibility index (Phi) is 4.20. The van der Waals surface area contributed by atoms with Crippen molar-refractivity contribution in [2.24, 2.45) is 5.92 Å². The lowest BCUT2D eigenvalue weighted by atomic mass is 10.2. The number of thiophene rings is 1. The molecule has 1 heterocycles. The van der Waals surface area contributed by atoms with Crippen molar-refractivity contribution in [3.8, 4) is 0 Å². The molecule has 84 valence electrons. The van der Waals surface area contributed by atoms with Gasteiger partial charge in [-0.15, -0.1) is 11.3 Å². The van der Waals surface area contributed by atoms with Gasteiger partial charge in [-0.05, 0) is 40.8 Å². The van der Waals surface area contributed by atoms with Gasteiger partial charge >= 0.3 is 0 Å². The smallest absolute Gasteiger partial charge is 0.0618 e. The highest BCUT2D eigenvalue weighted by Crippen LogP contribution is 2.33. The number of nitrogens with one attached hydrogen (secondary N) is 1. The third-order valence-corrected chi connectivity index (χ3v) is 4.40. The van der Waals surface area contributed by atoms with E-state index < -0.39 is 0 Å². The molecule has 1 aromatic heterocycles. The molecule has 0 bridgehead atoms. The number of hydrogen-bond donors (Lipinski definition) is 1. The third kappa shape index (κ3) is 3.55. The van der Waals surface area contributed by atoms with Gasteiger partial charge in [-0.25, -0.2) is 0 Å². The van der Waals surface area contributed by atoms with Crippen LogP contribution in [0.1, 0.15) is 17.7 Å². The summed E-state index contributed by atoms with van der Waals surface area (Å²) in [6.45, 7) is 1.79. The molecule has 4 heteroatoms. The van der Waals surface area contributed by atoms with Crippen molar-refractivity contribution in [3.05, 3.63) is 20.8 Å². The van der Waals surface area contributed by atoms with Crippen LogP contribution in [0.4, 0.5) is 0 Å². The van der Waals surface area contributed by atoms with Gasteiger partial charge in [0.25, 0.3) is 0 Å². The minimum absolute atomic E-state index is 0.538. The number of halogens is 1. The molecule has 1 unspecified atom stereocenters. The number of hydrogen-bond acceptors (Lipinski definition) is 3. The van der Waals surface area contributed by atoms with E-state index in [0.717, 1.165) is 19.1 Å². The van der Waals surface area contributed by atoms with Gasteiger partial charge in [-0.3, -0.25) is 0 Å². The van der Waals surface area contributed by atoms with Gasteiger partial charge in [0.15, 0.2) is 0 Å². The van der Waals surface area contributed by atoms with Crippen LogP contribution in [-0.4, -0.2) is 19.8 Å². The lowest BCUT2D eigenvalue weighted by Gasteiger charge is -2.16. The maximum atomic E-state index is 5.23. The van der Waals surface area contributed by atoms with E-state index in [0.29, 0.717) is 6.04 Å². The van der Waals surface area contributed by atoms with Gasteiger partial charge in [0.1, 0.15) is 0 Å². The third-order valence-electron chi connectivity index (χ3n) is 2.70. The molecular formula is C11H16BrNOS. The van der Waals surface area contributed by atoms with E-state index in [1.54, 1.807) is 18.4 Å². The molecule has 0 aliphatic heterocycles. The molecule has 0 amide bonds. The van der Waals surface area contributed by atoms with Gasteiger partial charge < -0.3 is 10.1 Å². The van der Waals surface area contributed by atoms with Crippen LogP contribution >= 0.6 is 27.3 Å². The van der Waals surface area contributed by atoms with E-state index in [1.807, 2.05) is 0 Å². The van der Waals surface area contributed by atoms with Crippen molar-refractivity contribution in [1.82, 2.24) is 5.32 Å². The summed E-state index contributed by atoms with van der Waals surface area (Å²) in [5, 5.41) is 5.70. The van der Waals surface area contributed by atoms with Gasteiger partial charge in [0, 0.05) is 34.4 Å². The van der Waals surface area contributed by atoms with Crippen LogP contribution in [0.3, 0.4) is 0 Å². The first-order chi connectivity index (χ1) is 7.29. The molecule has 1 aliphatic rings. The van der Waals surface area contributed by atoms with Crippen molar-refractivity contribution in [2.75, 3.05) is 13.7 Å². The average molecular weight is 290 g/mol. The van der Waals surface area contributed by atoms with Crippen molar-refractivity contribution in [2.45, 2.75) is 25.4 Å². The van der Waals surface area contributed by atoms with Crippen molar-refractivity contribution in [1.29, 1.82) is 0 Å². The Labute approximate surface area is 103 Å². The molecule has 15 heavy (non-hydrogen) atoms. The van der Waals surface area contributed by atoms with E-state index >= 15 is 0 Å². The fourth-order valence-corrected chi connectivity index (χ4v) is 3.12. The molecule has 1 fully saturated rings. The predicted molar refractivity (Wildman–Crippen MR) is 67.2 cm³/mol. The second-order valence-corrected chi connectivity index (χ2v) is 5.92. The van der Waals surface area contributed by atoms with Crippen LogP contribution in [0.15, 0.2) is 15.9 Å². The van der Waals surface area contributed by atoms with Crippen LogP contribution in [0, 0.1) is 5.92 Å². The standard InChI is InChI=1S/C11H16BrNOS/c1-14-6-11(8-2-3-8)13-5-10-4-9(12)7-15-10/h4,7-8,11,13H,2-3,5-6H2,1H3. The summed E-state index contributed by atoms with van der Waals surface area (Å²) < 4.78 is 6.41. The largest absolute Gasteiger partial charge is 0.383 e. The molecule has 0 aromatic carbocycles. The molecular weight excluding hydrogens is 274 g/mol. The molecule has 1 atom stereocenters. The molecule has 0 spiro atoms. The summed E-state index contributed by atoms with van der Waals surface area (Å²) in [7, 11) is 1.78. The van der Waals surface area contributed by atoms with Gasteiger partial charge in [-0.2, -0.15) is 0 Å². The first-order valence-electron chi connectivity index (χ1n) is 5.25. The fraction of sp³-hybridized carbons (Fsp3) is 0.636. The van der Waals surface area contributed by atoms with Crippen LogP contribution in [0.2, 0.25) is 0 Å². The van der Waals surface area contributed by atoms with Crippen LogP contribution in [0.5, 0.6) is 0 Å². The average Bonchev–Trinajstić information content (AvgIpc) is 2.97. The zero-order valence-electron chi connectivity index (χ0n) is 8.83. The minimum atomic E-state index is 0.538. The highest BCUT2D eigenvalue weighted by Gasteiger charge is 2.30. The second-order valence-electron chi connectivity index (χ2n) is 4.01. The number of methoxy groups -OCH3 is 1. The molecule has 1 saturated carbocycles. The summed E-state index contributed by atoms with van der Waals surface area (Å²) in [5.41, 5.74) is 0. The van der Waals surface area contributed by atoms with Gasteiger partial charge in [0.2, 0.25) is 0 Å². The Balaban J connectivity index is 1.79. The first kappa shape index (κ1) is 11.6. The van der Waals surface area contributed by atoms with E-state index in [-0.39, 0.29) is 0 Å². The quantitative estimate of drug-likeness (QED) is 0.869. The van der Waals surface area contributed by atoms with Gasteiger partial charge in [0.05, 0.1) is 6.61 Å². The van der Waals surface area contributed by atoms with Crippen molar-refractivity contribution >= 4 is 27.3 Å². The van der Waals surface area contributed by atoms with E-state index in [2.05, 4.69) is 32.7 Å². The highest BCUT2D eigenvalue weighted by molar-refractivity contribution is 9.10. The molecule has 1 aromatic rings. The van der Waals surface area contributed by atoms with Crippen molar-refractivity contribution < 1.29 is 4.74 Å². The second kappa shape index (κ2) is 5.43. The molecule has 0 radical (unpaired) electrons. The lowest BCUT2D eigenvalue weighted by molar-refractivity contribution is 0.157. The van der Waals surface area contributed by atoms with Crippen LogP contribution in [-0.2, 0) is 11.3 Å².